The molecule has 0 fully saturated rings. The minimum atomic E-state index is -3.66. The molecule has 0 radical (unpaired) electrons. The number of nitrogens with one attached hydrogen (secondary N) is 1. The minimum absolute atomic E-state index is 0.170. The molecular weight excluding hydrogens is 400 g/mol. The molecule has 0 bridgehead atoms. The molecule has 1 aromatic rings. The van der Waals surface area contributed by atoms with Crippen molar-refractivity contribution in [2.75, 3.05) is 30.5 Å². The van der Waals surface area contributed by atoms with Crippen LogP contribution in [0.2, 0.25) is 0 Å². The third-order valence-electron chi connectivity index (χ3n) is 4.52. The fourth-order valence-electron chi connectivity index (χ4n) is 3.32. The zero-order valence-electron chi connectivity index (χ0n) is 16.3. The first-order valence-electron chi connectivity index (χ1n) is 9.41. The maximum Gasteiger partial charge on any atom is 0.362 e. The van der Waals surface area contributed by atoms with Gasteiger partial charge in [-0.3, -0.25) is 4.18 Å². The summed E-state index contributed by atoms with van der Waals surface area (Å²) in [5, 5.41) is 19.0. The van der Waals surface area contributed by atoms with Gasteiger partial charge in [0.25, 0.3) is 0 Å². The number of benzene rings is 1. The number of rotatable bonds is 5. The van der Waals surface area contributed by atoms with E-state index >= 15 is 0 Å². The molecule has 0 aliphatic carbocycles. The Kier molecular flexibility index (Phi) is 8.18. The van der Waals surface area contributed by atoms with Crippen LogP contribution in [0.4, 0.5) is 5.69 Å². The van der Waals surface area contributed by atoms with Gasteiger partial charge in [0.15, 0.2) is 0 Å². The molecule has 0 aromatic heterocycles. The van der Waals surface area contributed by atoms with Crippen molar-refractivity contribution in [3.8, 4) is 0 Å². The fourth-order valence-corrected chi connectivity index (χ4v) is 4.51. The molecule has 0 saturated carbocycles. The third-order valence-corrected chi connectivity index (χ3v) is 5.98. The van der Waals surface area contributed by atoms with Crippen LogP contribution in [-0.4, -0.2) is 56.8 Å². The quantitative estimate of drug-likeness (QED) is 0.597. The van der Waals surface area contributed by atoms with E-state index in [9.17, 15) is 18.0 Å². The smallest absolute Gasteiger partial charge is 0.362 e. The summed E-state index contributed by atoms with van der Waals surface area (Å²) < 4.78 is 31.0. The number of carboxylic acids is 2. The predicted molar refractivity (Wildman–Crippen MR) is 107 cm³/mol. The number of aliphatic carboxylic acids is 2. The molecule has 3 rings (SSSR count). The van der Waals surface area contributed by atoms with Gasteiger partial charge in [-0.25, -0.2) is 13.9 Å². The van der Waals surface area contributed by atoms with Crippen LogP contribution in [-0.2, 0) is 43.3 Å². The van der Waals surface area contributed by atoms with E-state index in [0.717, 1.165) is 50.0 Å². The van der Waals surface area contributed by atoms with E-state index in [1.807, 2.05) is 0 Å². The highest BCUT2D eigenvalue weighted by atomic mass is 32.2. The molecule has 2 aliphatic heterocycles. The minimum Gasteiger partial charge on any atom is -0.478 e. The topological polar surface area (TPSA) is 133 Å². The number of hydrogen-bond donors (Lipinski definition) is 3. The summed E-state index contributed by atoms with van der Waals surface area (Å²) in [5.41, 5.74) is 4.56. The lowest BCUT2D eigenvalue weighted by Gasteiger charge is -2.30. The average molecular weight is 426 g/mol. The molecular formula is C19H26N2O7S. The molecule has 1 aromatic carbocycles. The Morgan fingerprint density at radius 1 is 1.07 bits per heavy atom. The SMILES string of the molecule is CCOS(=O)(=O)N1CCCc2cc3c(cc21)CCNCC3.O=C(O)/C=C/C(=O)O. The van der Waals surface area contributed by atoms with Gasteiger partial charge in [-0.05, 0) is 68.5 Å². The van der Waals surface area contributed by atoms with E-state index in [0.29, 0.717) is 18.7 Å². The summed E-state index contributed by atoms with van der Waals surface area (Å²) in [5.74, 6) is -2.51. The monoisotopic (exact) mass is 426 g/mol. The second kappa shape index (κ2) is 10.4. The van der Waals surface area contributed by atoms with E-state index in [1.54, 1.807) is 6.92 Å². The van der Waals surface area contributed by atoms with Crippen LogP contribution in [0.1, 0.15) is 30.0 Å². The Hall–Kier alpha value is -2.43. The van der Waals surface area contributed by atoms with Gasteiger partial charge in [-0.1, -0.05) is 6.07 Å². The summed E-state index contributed by atoms with van der Waals surface area (Å²) in [7, 11) is -3.66. The standard InChI is InChI=1S/C15H22N2O3S.C4H4O4/c1-2-20-21(18,19)17-9-3-4-14-10-12-5-7-16-8-6-13(12)11-15(14)17;5-3(6)1-2-4(7)8/h10-11,16H,2-9H2,1H3;1-2H,(H,5,6)(H,7,8)/b;2-1+. The molecule has 0 spiro atoms. The van der Waals surface area contributed by atoms with Crippen molar-refractivity contribution in [2.45, 2.75) is 32.6 Å². The second-order valence-electron chi connectivity index (χ2n) is 6.55. The maximum absolute atomic E-state index is 12.3. The molecule has 2 aliphatic rings. The van der Waals surface area contributed by atoms with E-state index in [-0.39, 0.29) is 6.61 Å². The zero-order valence-corrected chi connectivity index (χ0v) is 17.1. The van der Waals surface area contributed by atoms with E-state index in [2.05, 4.69) is 17.4 Å². The lowest BCUT2D eigenvalue weighted by molar-refractivity contribution is -0.134. The Morgan fingerprint density at radius 2 is 1.66 bits per heavy atom. The Morgan fingerprint density at radius 3 is 2.21 bits per heavy atom. The first-order chi connectivity index (χ1) is 13.7. The van der Waals surface area contributed by atoms with Crippen molar-refractivity contribution in [3.05, 3.63) is 41.0 Å². The molecule has 0 atom stereocenters. The largest absolute Gasteiger partial charge is 0.478 e. The van der Waals surface area contributed by atoms with Crippen molar-refractivity contribution in [3.63, 3.8) is 0 Å². The summed E-state index contributed by atoms with van der Waals surface area (Å²) in [4.78, 5) is 19.1. The highest BCUT2D eigenvalue weighted by Gasteiger charge is 2.29. The van der Waals surface area contributed by atoms with Gasteiger partial charge in [0.05, 0.1) is 12.3 Å². The highest BCUT2D eigenvalue weighted by molar-refractivity contribution is 7.88. The van der Waals surface area contributed by atoms with Crippen LogP contribution in [0.25, 0.3) is 0 Å². The number of carboxylic acid groups (broad SMARTS) is 2. The first-order valence-corrected chi connectivity index (χ1v) is 10.8. The number of fused-ring (bicyclic) bond motifs is 2. The average Bonchev–Trinajstić information content (AvgIpc) is 2.89. The van der Waals surface area contributed by atoms with E-state index < -0.39 is 22.2 Å². The van der Waals surface area contributed by atoms with Gasteiger partial charge in [0, 0.05) is 18.7 Å². The molecule has 9 nitrogen and oxygen atoms in total. The summed E-state index contributed by atoms with van der Waals surface area (Å²) >= 11 is 0. The molecule has 0 unspecified atom stereocenters. The molecule has 3 N–H and O–H groups in total. The summed E-state index contributed by atoms with van der Waals surface area (Å²) in [6, 6.07) is 4.26. The number of aryl methyl sites for hydroxylation is 1. The van der Waals surface area contributed by atoms with Gasteiger partial charge >= 0.3 is 22.2 Å². The summed E-state index contributed by atoms with van der Waals surface area (Å²) in [6.07, 6.45) is 4.86. The van der Waals surface area contributed by atoms with Crippen LogP contribution in [0.5, 0.6) is 0 Å². The van der Waals surface area contributed by atoms with Gasteiger partial charge in [0.1, 0.15) is 0 Å². The predicted octanol–water partition coefficient (Wildman–Crippen LogP) is 1.12. The first kappa shape index (κ1) is 22.9. The fraction of sp³-hybridized carbons (Fsp3) is 0.474. The van der Waals surface area contributed by atoms with Crippen molar-refractivity contribution in [1.82, 2.24) is 5.32 Å². The van der Waals surface area contributed by atoms with Gasteiger partial charge in [-0.2, -0.15) is 8.42 Å². The van der Waals surface area contributed by atoms with E-state index in [4.69, 9.17) is 14.4 Å². The molecule has 2 heterocycles. The summed E-state index contributed by atoms with van der Waals surface area (Å²) in [6.45, 7) is 4.32. The van der Waals surface area contributed by atoms with Crippen molar-refractivity contribution < 1.29 is 32.4 Å². The van der Waals surface area contributed by atoms with Crippen LogP contribution >= 0.6 is 0 Å². The molecule has 0 saturated heterocycles. The van der Waals surface area contributed by atoms with Crippen molar-refractivity contribution in [1.29, 1.82) is 0 Å². The molecule has 0 amide bonds. The van der Waals surface area contributed by atoms with Gasteiger partial charge < -0.3 is 15.5 Å². The highest BCUT2D eigenvalue weighted by Crippen LogP contribution is 2.33. The van der Waals surface area contributed by atoms with Crippen LogP contribution < -0.4 is 9.62 Å². The van der Waals surface area contributed by atoms with Crippen LogP contribution in [0.15, 0.2) is 24.3 Å². The zero-order chi connectivity index (χ0) is 21.4. The molecule has 160 valence electrons. The molecule has 29 heavy (non-hydrogen) atoms. The molecule has 10 heteroatoms. The Labute approximate surface area is 170 Å². The number of hydrogen-bond acceptors (Lipinski definition) is 6. The lowest BCUT2D eigenvalue weighted by atomic mass is 9.94. The number of carbonyl (C=O) groups is 2. The Bertz CT molecular complexity index is 865. The Balaban J connectivity index is 0.000000321. The number of nitrogens with zero attached hydrogens (tertiary/aromatic N) is 1. The maximum atomic E-state index is 12.3. The second-order valence-corrected chi connectivity index (χ2v) is 8.08. The van der Waals surface area contributed by atoms with Gasteiger partial charge in [-0.15, -0.1) is 0 Å². The van der Waals surface area contributed by atoms with Gasteiger partial charge in [0.2, 0.25) is 0 Å². The van der Waals surface area contributed by atoms with Crippen molar-refractivity contribution in [2.24, 2.45) is 0 Å². The normalized spacial score (nSPS) is 16.2. The van der Waals surface area contributed by atoms with Crippen LogP contribution in [0.3, 0.4) is 0 Å². The van der Waals surface area contributed by atoms with E-state index in [1.165, 1.54) is 15.4 Å². The van der Waals surface area contributed by atoms with Crippen molar-refractivity contribution >= 4 is 27.9 Å². The lowest BCUT2D eigenvalue weighted by Crippen LogP contribution is -2.37. The van der Waals surface area contributed by atoms with Crippen LogP contribution in [0, 0.1) is 0 Å². The third kappa shape index (κ3) is 6.55. The number of anilines is 1.